The summed E-state index contributed by atoms with van der Waals surface area (Å²) >= 11 is 13.8. The van der Waals surface area contributed by atoms with Crippen LogP contribution in [-0.2, 0) is 0 Å². The van der Waals surface area contributed by atoms with Gasteiger partial charge in [0.2, 0.25) is 0 Å². The molecule has 20 heavy (non-hydrogen) atoms. The van der Waals surface area contributed by atoms with E-state index in [9.17, 15) is 8.78 Å². The van der Waals surface area contributed by atoms with Crippen LogP contribution < -0.4 is 11.1 Å². The second-order valence-electron chi connectivity index (χ2n) is 3.93. The van der Waals surface area contributed by atoms with E-state index < -0.39 is 11.6 Å². The molecular weight excluding hydrogens is 370 g/mol. The Bertz CT molecular complexity index is 671. The molecule has 2 aromatic rings. The summed E-state index contributed by atoms with van der Waals surface area (Å²) in [5, 5.41) is 3.15. The van der Waals surface area contributed by atoms with Crippen molar-refractivity contribution < 1.29 is 8.78 Å². The summed E-state index contributed by atoms with van der Waals surface area (Å²) in [5.74, 6) is -1.56. The van der Waals surface area contributed by atoms with Crippen molar-refractivity contribution in [3.05, 3.63) is 57.0 Å². The normalized spacial score (nSPS) is 10.4. The topological polar surface area (TPSA) is 38.0 Å². The number of nitrogens with two attached hydrogens (primary N) is 1. The Labute approximate surface area is 133 Å². The van der Waals surface area contributed by atoms with E-state index in [-0.39, 0.29) is 16.2 Å². The van der Waals surface area contributed by atoms with Gasteiger partial charge in [-0.15, -0.1) is 0 Å². The number of nitrogens with one attached hydrogen (secondary N) is 1. The molecule has 0 spiro atoms. The molecular formula is C13H8BrClF2N2S. The van der Waals surface area contributed by atoms with E-state index >= 15 is 0 Å². The highest BCUT2D eigenvalue weighted by Crippen LogP contribution is 2.29. The quantitative estimate of drug-likeness (QED) is 0.758. The molecule has 0 radical (unpaired) electrons. The van der Waals surface area contributed by atoms with Gasteiger partial charge in [0.1, 0.15) is 22.3 Å². The zero-order valence-electron chi connectivity index (χ0n) is 9.88. The van der Waals surface area contributed by atoms with E-state index in [1.807, 2.05) is 0 Å². The van der Waals surface area contributed by atoms with Gasteiger partial charge in [-0.25, -0.2) is 8.78 Å². The minimum atomic E-state index is -0.779. The third-order valence-electron chi connectivity index (χ3n) is 2.52. The van der Waals surface area contributed by atoms with Crippen molar-refractivity contribution in [3.63, 3.8) is 0 Å². The SMILES string of the molecule is NC(=S)c1cc(F)c(Nc2ccc(Cl)c(Br)c2)c(F)c1. The van der Waals surface area contributed by atoms with Gasteiger partial charge in [0.15, 0.2) is 0 Å². The molecule has 7 heteroatoms. The van der Waals surface area contributed by atoms with E-state index in [0.29, 0.717) is 15.2 Å². The first kappa shape index (κ1) is 15.2. The highest BCUT2D eigenvalue weighted by molar-refractivity contribution is 9.10. The Morgan fingerprint density at radius 3 is 2.30 bits per heavy atom. The van der Waals surface area contributed by atoms with Gasteiger partial charge in [0.05, 0.1) is 5.02 Å². The standard InChI is InChI=1S/C13H8BrClF2N2S/c14-8-5-7(1-2-9(8)15)19-12-10(16)3-6(13(18)20)4-11(12)17/h1-5,19H,(H2,18,20). The molecule has 0 aliphatic heterocycles. The van der Waals surface area contributed by atoms with E-state index in [0.717, 1.165) is 12.1 Å². The number of hydrogen-bond acceptors (Lipinski definition) is 2. The highest BCUT2D eigenvalue weighted by atomic mass is 79.9. The molecule has 0 fully saturated rings. The van der Waals surface area contributed by atoms with Crippen LogP contribution in [0.15, 0.2) is 34.8 Å². The van der Waals surface area contributed by atoms with Crippen molar-refractivity contribution in [3.8, 4) is 0 Å². The molecule has 0 atom stereocenters. The highest BCUT2D eigenvalue weighted by Gasteiger charge is 2.13. The molecule has 0 aromatic heterocycles. The Morgan fingerprint density at radius 1 is 1.20 bits per heavy atom. The van der Waals surface area contributed by atoms with Crippen LogP contribution in [0, 0.1) is 11.6 Å². The lowest BCUT2D eigenvalue weighted by Gasteiger charge is -2.11. The fourth-order valence-electron chi connectivity index (χ4n) is 1.55. The second-order valence-corrected chi connectivity index (χ2v) is 5.63. The summed E-state index contributed by atoms with van der Waals surface area (Å²) in [7, 11) is 0. The summed E-state index contributed by atoms with van der Waals surface area (Å²) < 4.78 is 28.4. The van der Waals surface area contributed by atoms with Gasteiger partial charge in [-0.2, -0.15) is 0 Å². The summed E-state index contributed by atoms with van der Waals surface area (Å²) in [6.45, 7) is 0. The van der Waals surface area contributed by atoms with E-state index in [4.69, 9.17) is 17.3 Å². The smallest absolute Gasteiger partial charge is 0.150 e. The lowest BCUT2D eigenvalue weighted by atomic mass is 10.1. The number of hydrogen-bond donors (Lipinski definition) is 2. The van der Waals surface area contributed by atoms with Gasteiger partial charge in [0, 0.05) is 15.7 Å². The van der Waals surface area contributed by atoms with Crippen molar-refractivity contribution in [1.82, 2.24) is 0 Å². The number of halogens is 4. The summed E-state index contributed by atoms with van der Waals surface area (Å²) in [6.07, 6.45) is 0. The van der Waals surface area contributed by atoms with E-state index in [2.05, 4.69) is 33.5 Å². The molecule has 0 aliphatic carbocycles. The molecule has 2 aromatic carbocycles. The first-order valence-corrected chi connectivity index (χ1v) is 6.97. The van der Waals surface area contributed by atoms with Crippen LogP contribution in [0.3, 0.4) is 0 Å². The molecule has 3 N–H and O–H groups in total. The maximum atomic E-state index is 13.9. The van der Waals surface area contributed by atoms with Crippen LogP contribution in [0.4, 0.5) is 20.2 Å². The van der Waals surface area contributed by atoms with Gasteiger partial charge in [0.25, 0.3) is 0 Å². The van der Waals surface area contributed by atoms with Crippen LogP contribution in [0.25, 0.3) is 0 Å². The van der Waals surface area contributed by atoms with Crippen LogP contribution in [0.2, 0.25) is 5.02 Å². The zero-order valence-corrected chi connectivity index (χ0v) is 13.0. The van der Waals surface area contributed by atoms with Gasteiger partial charge < -0.3 is 11.1 Å². The average molecular weight is 378 g/mol. The van der Waals surface area contributed by atoms with Crippen LogP contribution in [0.1, 0.15) is 5.56 Å². The maximum absolute atomic E-state index is 13.9. The Hall–Kier alpha value is -1.24. The molecule has 2 nitrogen and oxygen atoms in total. The first-order valence-electron chi connectivity index (χ1n) is 5.39. The lowest BCUT2D eigenvalue weighted by molar-refractivity contribution is 0.590. The maximum Gasteiger partial charge on any atom is 0.150 e. The Morgan fingerprint density at radius 2 is 1.80 bits per heavy atom. The Balaban J connectivity index is 2.38. The minimum absolute atomic E-state index is 0.0661. The van der Waals surface area contributed by atoms with E-state index in [1.54, 1.807) is 18.2 Å². The van der Waals surface area contributed by atoms with Gasteiger partial charge in [-0.05, 0) is 46.3 Å². The molecule has 0 saturated carbocycles. The van der Waals surface area contributed by atoms with Crippen LogP contribution in [0.5, 0.6) is 0 Å². The van der Waals surface area contributed by atoms with Crippen molar-refractivity contribution in [2.75, 3.05) is 5.32 Å². The summed E-state index contributed by atoms with van der Waals surface area (Å²) in [6, 6.07) is 6.99. The number of rotatable bonds is 3. The number of thiocarbonyl (C=S) groups is 1. The largest absolute Gasteiger partial charge is 0.389 e. The molecule has 0 heterocycles. The van der Waals surface area contributed by atoms with Crippen molar-refractivity contribution in [2.24, 2.45) is 5.73 Å². The van der Waals surface area contributed by atoms with Crippen molar-refractivity contribution >= 4 is 56.1 Å². The minimum Gasteiger partial charge on any atom is -0.389 e. The fraction of sp³-hybridized carbons (Fsp3) is 0. The molecule has 0 amide bonds. The first-order chi connectivity index (χ1) is 9.38. The summed E-state index contributed by atoms with van der Waals surface area (Å²) in [5.41, 5.74) is 5.69. The predicted octanol–water partition coefficient (Wildman–Crippen LogP) is 4.76. The van der Waals surface area contributed by atoms with Crippen molar-refractivity contribution in [1.29, 1.82) is 0 Å². The molecule has 0 bridgehead atoms. The van der Waals surface area contributed by atoms with Crippen LogP contribution >= 0.6 is 39.7 Å². The molecule has 0 saturated heterocycles. The third-order valence-corrected chi connectivity index (χ3v) is 3.97. The summed E-state index contributed by atoms with van der Waals surface area (Å²) in [4.78, 5) is -0.0661. The number of anilines is 2. The molecule has 104 valence electrons. The van der Waals surface area contributed by atoms with E-state index in [1.165, 1.54) is 0 Å². The van der Waals surface area contributed by atoms with Gasteiger partial charge in [-0.3, -0.25) is 0 Å². The fourth-order valence-corrected chi connectivity index (χ4v) is 2.17. The molecule has 2 rings (SSSR count). The molecule has 0 aliphatic rings. The number of benzene rings is 2. The van der Waals surface area contributed by atoms with Gasteiger partial charge >= 0.3 is 0 Å². The third kappa shape index (κ3) is 3.26. The molecule has 0 unspecified atom stereocenters. The predicted molar refractivity (Wildman–Crippen MR) is 84.7 cm³/mol. The Kier molecular flexibility index (Phi) is 4.57. The zero-order chi connectivity index (χ0) is 14.9. The second kappa shape index (κ2) is 6.03. The monoisotopic (exact) mass is 376 g/mol. The van der Waals surface area contributed by atoms with Crippen LogP contribution in [-0.4, -0.2) is 4.99 Å². The van der Waals surface area contributed by atoms with Crippen molar-refractivity contribution in [2.45, 2.75) is 0 Å². The lowest BCUT2D eigenvalue weighted by Crippen LogP contribution is -2.11. The van der Waals surface area contributed by atoms with Gasteiger partial charge in [-0.1, -0.05) is 23.8 Å². The average Bonchev–Trinajstić information content (AvgIpc) is 2.37.